The maximum atomic E-state index is 12.2. The van der Waals surface area contributed by atoms with E-state index < -0.39 is 20.1 Å². The van der Waals surface area contributed by atoms with Gasteiger partial charge in [0.25, 0.3) is 0 Å². The number of nitrogens with one attached hydrogen (secondary N) is 2. The fourth-order valence-electron chi connectivity index (χ4n) is 3.34. The van der Waals surface area contributed by atoms with Crippen molar-refractivity contribution in [2.24, 2.45) is 0 Å². The van der Waals surface area contributed by atoms with Gasteiger partial charge in [-0.05, 0) is 49.9 Å². The number of carbonyl (C=O) groups excluding carboxylic acids is 1. The number of nitrogens with two attached hydrogens (primary N) is 1. The quantitative estimate of drug-likeness (QED) is 0.555. The summed E-state index contributed by atoms with van der Waals surface area (Å²) >= 11 is 0. The number of hydrogen-bond acceptors (Lipinski definition) is 7. The van der Waals surface area contributed by atoms with Gasteiger partial charge >= 0.3 is 6.03 Å². The molecule has 2 amide bonds. The molecule has 1 heterocycles. The molecule has 5 N–H and O–H groups in total. The van der Waals surface area contributed by atoms with Gasteiger partial charge in [0.05, 0.1) is 17.8 Å². The van der Waals surface area contributed by atoms with Crippen molar-refractivity contribution in [2.75, 3.05) is 23.9 Å². The van der Waals surface area contributed by atoms with E-state index in [0.29, 0.717) is 35.6 Å². The van der Waals surface area contributed by atoms with Crippen LogP contribution in [0.4, 0.5) is 16.3 Å². The average molecular weight is 417 g/mol. The second-order valence-electron chi connectivity index (χ2n) is 7.86. The topological polar surface area (TPSA) is 147 Å². The van der Waals surface area contributed by atoms with E-state index in [1.54, 1.807) is 24.3 Å². The van der Waals surface area contributed by atoms with Gasteiger partial charge in [0.15, 0.2) is 15.7 Å². The first-order chi connectivity index (χ1) is 13.7. The molecule has 0 aliphatic heterocycles. The Morgan fingerprint density at radius 2 is 1.83 bits per heavy atom. The van der Waals surface area contributed by atoms with Crippen molar-refractivity contribution in [3.8, 4) is 11.4 Å². The van der Waals surface area contributed by atoms with Crippen LogP contribution in [-0.4, -0.2) is 47.9 Å². The molecule has 0 spiro atoms. The number of anilines is 2. The van der Waals surface area contributed by atoms with Crippen LogP contribution in [0.2, 0.25) is 0 Å². The normalized spacial score (nSPS) is 18.7. The second kappa shape index (κ2) is 6.67. The van der Waals surface area contributed by atoms with Gasteiger partial charge in [0, 0.05) is 23.6 Å². The van der Waals surface area contributed by atoms with Crippen molar-refractivity contribution < 1.29 is 18.3 Å². The highest BCUT2D eigenvalue weighted by Crippen LogP contribution is 2.52. The number of sulfone groups is 1. The molecule has 2 aromatic rings. The highest BCUT2D eigenvalue weighted by Gasteiger charge is 2.55. The minimum Gasteiger partial charge on any atom is -0.394 e. The fourth-order valence-corrected chi connectivity index (χ4v) is 4.67. The molecule has 2 aliphatic rings. The summed E-state index contributed by atoms with van der Waals surface area (Å²) in [5.74, 6) is 0.545. The van der Waals surface area contributed by atoms with Crippen LogP contribution in [0.5, 0.6) is 0 Å². The van der Waals surface area contributed by atoms with Crippen LogP contribution in [0.25, 0.3) is 11.4 Å². The van der Waals surface area contributed by atoms with E-state index in [1.165, 1.54) is 12.3 Å². The van der Waals surface area contributed by atoms with Crippen LogP contribution >= 0.6 is 0 Å². The lowest BCUT2D eigenvalue weighted by Gasteiger charge is -2.15. The summed E-state index contributed by atoms with van der Waals surface area (Å²) in [7, 11) is -3.31. The van der Waals surface area contributed by atoms with Crippen molar-refractivity contribution in [2.45, 2.75) is 36.0 Å². The molecular formula is C19H23N5O4S. The monoisotopic (exact) mass is 417 g/mol. The number of nitrogens with zero attached hydrogens (tertiary/aromatic N) is 2. The van der Waals surface area contributed by atoms with Crippen molar-refractivity contribution in [3.05, 3.63) is 36.0 Å². The summed E-state index contributed by atoms with van der Waals surface area (Å²) in [6, 6.07) is 8.00. The molecule has 154 valence electrons. The summed E-state index contributed by atoms with van der Waals surface area (Å²) in [5, 5.41) is 14.8. The lowest BCUT2D eigenvalue weighted by Crippen LogP contribution is -2.42. The molecule has 10 heteroatoms. The maximum Gasteiger partial charge on any atom is 0.319 e. The molecule has 4 rings (SSSR count). The first-order valence-electron chi connectivity index (χ1n) is 9.32. The van der Waals surface area contributed by atoms with Gasteiger partial charge in [-0.2, -0.15) is 0 Å². The minimum absolute atomic E-state index is 0.0799. The first kappa shape index (κ1) is 19.6. The molecule has 0 atom stereocenters. The standard InChI is InChI=1S/C19H23N5O4S/c1-29(27,28)19(8-9-19)14-10-15(20)23-16(22-14)12-2-4-13(5-3-12)21-17(26)24-18(11-25)6-7-18/h2-5,10,25H,6-9,11H2,1H3,(H2,20,22,23)(H2,21,24,26). The van der Waals surface area contributed by atoms with Gasteiger partial charge in [-0.15, -0.1) is 0 Å². The molecule has 0 saturated heterocycles. The van der Waals surface area contributed by atoms with Gasteiger partial charge in [-0.3, -0.25) is 0 Å². The molecule has 0 radical (unpaired) electrons. The number of urea groups is 1. The van der Waals surface area contributed by atoms with Gasteiger partial charge in [-0.25, -0.2) is 23.2 Å². The maximum absolute atomic E-state index is 12.2. The van der Waals surface area contributed by atoms with E-state index >= 15 is 0 Å². The zero-order chi connectivity index (χ0) is 20.9. The Morgan fingerprint density at radius 1 is 1.17 bits per heavy atom. The highest BCUT2D eigenvalue weighted by molar-refractivity contribution is 7.91. The molecular weight excluding hydrogens is 394 g/mol. The van der Waals surface area contributed by atoms with Crippen molar-refractivity contribution in [1.82, 2.24) is 15.3 Å². The van der Waals surface area contributed by atoms with E-state index in [0.717, 1.165) is 12.8 Å². The number of amides is 2. The van der Waals surface area contributed by atoms with Gasteiger partial charge < -0.3 is 21.5 Å². The Morgan fingerprint density at radius 3 is 2.34 bits per heavy atom. The van der Waals surface area contributed by atoms with E-state index in [2.05, 4.69) is 20.6 Å². The molecule has 1 aromatic heterocycles. The number of carbonyl (C=O) groups is 1. The Balaban J connectivity index is 1.53. The molecule has 2 fully saturated rings. The summed E-state index contributed by atoms with van der Waals surface area (Å²) in [4.78, 5) is 20.7. The zero-order valence-electron chi connectivity index (χ0n) is 16.0. The zero-order valence-corrected chi connectivity index (χ0v) is 16.8. The van der Waals surface area contributed by atoms with Gasteiger partial charge in [-0.1, -0.05) is 0 Å². The van der Waals surface area contributed by atoms with Crippen LogP contribution in [0, 0.1) is 0 Å². The minimum atomic E-state index is -3.31. The van der Waals surface area contributed by atoms with Crippen LogP contribution in [0.15, 0.2) is 30.3 Å². The predicted octanol–water partition coefficient (Wildman–Crippen LogP) is 1.41. The first-order valence-corrected chi connectivity index (χ1v) is 11.2. The molecule has 2 saturated carbocycles. The summed E-state index contributed by atoms with van der Waals surface area (Å²) in [6.07, 6.45) is 3.79. The Labute approximate surface area is 168 Å². The molecule has 0 bridgehead atoms. The molecule has 9 nitrogen and oxygen atoms in total. The van der Waals surface area contributed by atoms with E-state index in [1.807, 2.05) is 0 Å². The average Bonchev–Trinajstić information content (AvgIpc) is 3.56. The lowest BCUT2D eigenvalue weighted by atomic mass is 10.1. The van der Waals surface area contributed by atoms with Gasteiger partial charge in [0.2, 0.25) is 0 Å². The molecule has 29 heavy (non-hydrogen) atoms. The summed E-state index contributed by atoms with van der Waals surface area (Å²) < 4.78 is 23.4. The Hall–Kier alpha value is -2.72. The van der Waals surface area contributed by atoms with Crippen molar-refractivity contribution in [3.63, 3.8) is 0 Å². The summed E-state index contributed by atoms with van der Waals surface area (Å²) in [6.45, 7) is -0.0799. The number of hydrogen-bond donors (Lipinski definition) is 4. The SMILES string of the molecule is CS(=O)(=O)C1(c2cc(N)nc(-c3ccc(NC(=O)NC4(CO)CC4)cc3)n2)CC1. The van der Waals surface area contributed by atoms with Crippen LogP contribution in [0.1, 0.15) is 31.4 Å². The van der Waals surface area contributed by atoms with Crippen LogP contribution < -0.4 is 16.4 Å². The Kier molecular flexibility index (Phi) is 4.50. The van der Waals surface area contributed by atoms with Crippen molar-refractivity contribution in [1.29, 1.82) is 0 Å². The number of benzene rings is 1. The van der Waals surface area contributed by atoms with Crippen LogP contribution in [0.3, 0.4) is 0 Å². The number of aliphatic hydroxyl groups excluding tert-OH is 1. The summed E-state index contributed by atoms with van der Waals surface area (Å²) in [5.41, 5.74) is 7.06. The molecule has 0 unspecified atom stereocenters. The second-order valence-corrected chi connectivity index (χ2v) is 10.2. The molecule has 1 aromatic carbocycles. The Bertz CT molecular complexity index is 1060. The van der Waals surface area contributed by atoms with Crippen molar-refractivity contribution >= 4 is 27.4 Å². The number of rotatable bonds is 6. The molecule has 2 aliphatic carbocycles. The van der Waals surface area contributed by atoms with E-state index in [4.69, 9.17) is 5.73 Å². The third-order valence-corrected chi connectivity index (χ3v) is 7.60. The van der Waals surface area contributed by atoms with Gasteiger partial charge in [0.1, 0.15) is 10.6 Å². The van der Waals surface area contributed by atoms with E-state index in [-0.39, 0.29) is 18.5 Å². The largest absolute Gasteiger partial charge is 0.394 e. The third-order valence-electron chi connectivity index (χ3n) is 5.56. The number of aliphatic hydroxyl groups is 1. The smallest absolute Gasteiger partial charge is 0.319 e. The highest BCUT2D eigenvalue weighted by atomic mass is 32.2. The van der Waals surface area contributed by atoms with E-state index in [9.17, 15) is 18.3 Å². The van der Waals surface area contributed by atoms with Crippen LogP contribution in [-0.2, 0) is 14.6 Å². The third kappa shape index (κ3) is 3.77. The lowest BCUT2D eigenvalue weighted by molar-refractivity contribution is 0.217. The predicted molar refractivity (Wildman–Crippen MR) is 109 cm³/mol. The number of aromatic nitrogens is 2. The fraction of sp³-hybridized carbons (Fsp3) is 0.421. The number of nitrogen functional groups attached to an aromatic ring is 1.